The molecule has 0 spiro atoms. The smallest absolute Gasteiger partial charge is 0.137 e. The topological polar surface area (TPSA) is 33.5 Å². The van der Waals surface area contributed by atoms with Gasteiger partial charge < -0.3 is 14.5 Å². The van der Waals surface area contributed by atoms with Gasteiger partial charge in [-0.3, -0.25) is 4.57 Å². The molecule has 352 valence electrons. The predicted octanol–water partition coefficient (Wildman–Crippen LogP) is 17.2. The van der Waals surface area contributed by atoms with Gasteiger partial charge in [0.05, 0.1) is 17.7 Å². The van der Waals surface area contributed by atoms with E-state index >= 15 is 0 Å². The molecule has 10 rings (SSSR count). The molecule has 7 aromatic carbocycles. The molecule has 0 N–H and O–H groups in total. The second-order valence-electron chi connectivity index (χ2n) is 21.7. The number of allylic oxidation sites excluding steroid dienone is 2. The third-order valence-corrected chi connectivity index (χ3v) is 15.1. The van der Waals surface area contributed by atoms with Crippen LogP contribution in [0.1, 0.15) is 115 Å². The first-order valence-electron chi connectivity index (χ1n) is 24.9. The van der Waals surface area contributed by atoms with Gasteiger partial charge in [0.15, 0.2) is 0 Å². The number of nitrogens with zero attached hydrogens (tertiary/aromatic N) is 4. The van der Waals surface area contributed by atoms with E-state index in [1.807, 2.05) is 6.20 Å². The third-order valence-electron chi connectivity index (χ3n) is 15.1. The van der Waals surface area contributed by atoms with Crippen LogP contribution in [-0.2, 0) is 16.2 Å². The molecule has 0 fully saturated rings. The lowest BCUT2D eigenvalue weighted by molar-refractivity contribution is 0.483. The molecule has 0 saturated carbocycles. The van der Waals surface area contributed by atoms with E-state index in [9.17, 15) is 0 Å². The molecule has 9 aromatic rings. The van der Waals surface area contributed by atoms with Crippen LogP contribution in [0.15, 0.2) is 194 Å². The largest absolute Gasteiger partial charge is 0.457 e. The lowest BCUT2D eigenvalue weighted by Gasteiger charge is -2.33. The summed E-state index contributed by atoms with van der Waals surface area (Å²) in [6, 6.07) is 64.2. The minimum absolute atomic E-state index is 0.0222. The monoisotopic (exact) mass is 919 g/mol. The number of benzene rings is 7. The summed E-state index contributed by atoms with van der Waals surface area (Å²) in [6.45, 7) is 25.9. The van der Waals surface area contributed by atoms with E-state index in [0.29, 0.717) is 12.6 Å². The van der Waals surface area contributed by atoms with Crippen molar-refractivity contribution in [3.05, 3.63) is 227 Å². The molecular formula is C65H66N4O. The van der Waals surface area contributed by atoms with Crippen LogP contribution in [0.25, 0.3) is 38.8 Å². The van der Waals surface area contributed by atoms with E-state index in [4.69, 9.17) is 9.72 Å². The Morgan fingerprint density at radius 1 is 0.486 bits per heavy atom. The van der Waals surface area contributed by atoms with Gasteiger partial charge in [-0.1, -0.05) is 172 Å². The van der Waals surface area contributed by atoms with Crippen LogP contribution >= 0.6 is 0 Å². The van der Waals surface area contributed by atoms with Crippen molar-refractivity contribution in [2.75, 3.05) is 16.5 Å². The summed E-state index contributed by atoms with van der Waals surface area (Å²) in [5.41, 5.74) is 16.4. The van der Waals surface area contributed by atoms with Crippen molar-refractivity contribution >= 4 is 33.2 Å². The molecule has 0 saturated heterocycles. The van der Waals surface area contributed by atoms with Crippen LogP contribution in [0.2, 0.25) is 0 Å². The number of hydrogen-bond acceptors (Lipinski definition) is 4. The Bertz CT molecular complexity index is 3350. The minimum atomic E-state index is -0.237. The Balaban J connectivity index is 1.08. The van der Waals surface area contributed by atoms with Gasteiger partial charge in [-0.2, -0.15) is 0 Å². The fourth-order valence-corrected chi connectivity index (χ4v) is 10.4. The molecule has 3 heterocycles. The maximum Gasteiger partial charge on any atom is 0.137 e. The van der Waals surface area contributed by atoms with Crippen molar-refractivity contribution in [2.24, 2.45) is 0 Å². The molecule has 5 nitrogen and oxygen atoms in total. The Labute approximate surface area is 415 Å². The fourth-order valence-electron chi connectivity index (χ4n) is 10.4. The minimum Gasteiger partial charge on any atom is -0.457 e. The molecular weight excluding hydrogens is 853 g/mol. The Morgan fingerprint density at radius 3 is 1.69 bits per heavy atom. The molecule has 1 aliphatic heterocycles. The number of hydrogen-bond donors (Lipinski definition) is 0. The third kappa shape index (κ3) is 8.46. The molecule has 0 bridgehead atoms. The van der Waals surface area contributed by atoms with Crippen LogP contribution in [-0.4, -0.2) is 16.2 Å². The van der Waals surface area contributed by atoms with Gasteiger partial charge >= 0.3 is 0 Å². The van der Waals surface area contributed by atoms with Crippen molar-refractivity contribution in [3.63, 3.8) is 0 Å². The van der Waals surface area contributed by atoms with Gasteiger partial charge in [0.2, 0.25) is 0 Å². The summed E-state index contributed by atoms with van der Waals surface area (Å²) in [5.74, 6) is 2.78. The summed E-state index contributed by atoms with van der Waals surface area (Å²) in [4.78, 5) is 9.89. The zero-order chi connectivity index (χ0) is 49.1. The van der Waals surface area contributed by atoms with E-state index in [1.165, 1.54) is 61.4 Å². The average Bonchev–Trinajstić information content (AvgIpc) is 3.86. The standard InChI is InChI=1S/C65H66N4O/c1-43(2)56-26-18-19-27-57(56)46-34-52(40-55(35-46)70-54-30-31-59-58-28-20-21-29-60(58)69(61(59)41-54)62-39-49(32-33-66-62)63(5,6)7)67-42-68(45(4)44(67)3)53-37-50(64(8,9)47-22-14-12-15-23-47)36-51(38-53)65(10,11)48-24-16-13-17-25-48/h12-41,43H,42H2,1-11H3. The predicted molar refractivity (Wildman–Crippen MR) is 295 cm³/mol. The number of ether oxygens (including phenoxy) is 1. The van der Waals surface area contributed by atoms with Crippen LogP contribution in [0.3, 0.4) is 0 Å². The molecule has 5 heteroatoms. The number of aromatic nitrogens is 2. The van der Waals surface area contributed by atoms with E-state index < -0.39 is 0 Å². The van der Waals surface area contributed by atoms with Crippen molar-refractivity contribution in [1.29, 1.82) is 0 Å². The van der Waals surface area contributed by atoms with E-state index in [2.05, 4.69) is 266 Å². The quantitative estimate of drug-likeness (QED) is 0.129. The average molecular weight is 919 g/mol. The molecule has 0 aliphatic carbocycles. The van der Waals surface area contributed by atoms with Crippen molar-refractivity contribution in [3.8, 4) is 28.4 Å². The Kier molecular flexibility index (Phi) is 11.8. The normalized spacial score (nSPS) is 13.6. The Hall–Kier alpha value is -7.37. The van der Waals surface area contributed by atoms with E-state index in [0.717, 1.165) is 45.0 Å². The highest BCUT2D eigenvalue weighted by molar-refractivity contribution is 6.09. The highest BCUT2D eigenvalue weighted by Crippen LogP contribution is 2.45. The fraction of sp³-hybridized carbons (Fsp3) is 0.246. The number of pyridine rings is 1. The maximum absolute atomic E-state index is 7.09. The molecule has 0 unspecified atom stereocenters. The molecule has 1 aliphatic rings. The highest BCUT2D eigenvalue weighted by atomic mass is 16.5. The summed E-state index contributed by atoms with van der Waals surface area (Å²) in [6.07, 6.45) is 1.93. The first-order chi connectivity index (χ1) is 33.5. The first-order valence-corrected chi connectivity index (χ1v) is 24.9. The van der Waals surface area contributed by atoms with Gasteiger partial charge in [-0.15, -0.1) is 0 Å². The lowest BCUT2D eigenvalue weighted by atomic mass is 9.73. The highest BCUT2D eigenvalue weighted by Gasteiger charge is 2.33. The molecule has 0 atom stereocenters. The SMILES string of the molecule is CC1=C(C)N(c2cc(C(C)(C)c3ccccc3)cc(C(C)(C)c3ccccc3)c2)CN1c1cc(Oc2ccc3c4ccccc4n(-c4cc(C(C)(C)C)ccn4)c3c2)cc(-c2ccccc2C(C)C)c1. The summed E-state index contributed by atoms with van der Waals surface area (Å²) in [5, 5.41) is 2.34. The molecule has 0 amide bonds. The molecule has 0 radical (unpaired) electrons. The summed E-state index contributed by atoms with van der Waals surface area (Å²) in [7, 11) is 0. The van der Waals surface area contributed by atoms with Crippen molar-refractivity contribution in [1.82, 2.24) is 9.55 Å². The number of anilines is 2. The van der Waals surface area contributed by atoms with Crippen LogP contribution in [0.4, 0.5) is 11.4 Å². The molecule has 70 heavy (non-hydrogen) atoms. The molecule has 2 aromatic heterocycles. The van der Waals surface area contributed by atoms with E-state index in [1.54, 1.807) is 0 Å². The first kappa shape index (κ1) is 46.4. The summed E-state index contributed by atoms with van der Waals surface area (Å²) < 4.78 is 9.37. The number of fused-ring (bicyclic) bond motifs is 3. The number of para-hydroxylation sites is 1. The lowest BCUT2D eigenvalue weighted by Crippen LogP contribution is -2.29. The second kappa shape index (κ2) is 17.9. The van der Waals surface area contributed by atoms with Crippen molar-refractivity contribution in [2.45, 2.75) is 98.3 Å². The van der Waals surface area contributed by atoms with Gasteiger partial charge in [0.25, 0.3) is 0 Å². The maximum atomic E-state index is 7.09. The zero-order valence-electron chi connectivity index (χ0n) is 42.8. The van der Waals surface area contributed by atoms with Gasteiger partial charge in [0.1, 0.15) is 17.3 Å². The van der Waals surface area contributed by atoms with Crippen LogP contribution in [0.5, 0.6) is 11.5 Å². The van der Waals surface area contributed by atoms with E-state index in [-0.39, 0.29) is 16.2 Å². The Morgan fingerprint density at radius 2 is 1.06 bits per heavy atom. The summed E-state index contributed by atoms with van der Waals surface area (Å²) >= 11 is 0. The number of rotatable bonds is 11. The van der Waals surface area contributed by atoms with Crippen LogP contribution in [0, 0.1) is 0 Å². The van der Waals surface area contributed by atoms with Crippen LogP contribution < -0.4 is 14.5 Å². The van der Waals surface area contributed by atoms with Gasteiger partial charge in [0, 0.05) is 62.7 Å². The van der Waals surface area contributed by atoms with Crippen molar-refractivity contribution < 1.29 is 4.74 Å². The van der Waals surface area contributed by atoms with Gasteiger partial charge in [-0.05, 0) is 124 Å². The van der Waals surface area contributed by atoms with Gasteiger partial charge in [-0.25, -0.2) is 4.98 Å². The zero-order valence-corrected chi connectivity index (χ0v) is 42.8. The second-order valence-corrected chi connectivity index (χ2v) is 21.7.